The Labute approximate surface area is 145 Å². The standard InChI is InChI=1S/C17H21N3OS2/c1-4-17(2,3)11-5-6-12-13(8-18)16(23-14(12)7-11)20-15(21)9-22-10-19/h11H,4-7,9H2,1-3H3,(H,20,21)/t11-/m1/s1. The quantitative estimate of drug-likeness (QED) is 0.805. The lowest BCUT2D eigenvalue weighted by Gasteiger charge is -2.36. The Morgan fingerprint density at radius 2 is 2.22 bits per heavy atom. The van der Waals surface area contributed by atoms with Crippen LogP contribution in [-0.4, -0.2) is 11.7 Å². The first kappa shape index (κ1) is 17.8. The molecule has 6 heteroatoms. The Kier molecular flexibility index (Phi) is 5.73. The second-order valence-electron chi connectivity index (χ2n) is 6.53. The summed E-state index contributed by atoms with van der Waals surface area (Å²) >= 11 is 2.44. The molecule has 23 heavy (non-hydrogen) atoms. The summed E-state index contributed by atoms with van der Waals surface area (Å²) in [4.78, 5) is 13.1. The van der Waals surface area contributed by atoms with E-state index < -0.39 is 0 Å². The van der Waals surface area contributed by atoms with Gasteiger partial charge in [0.05, 0.1) is 11.3 Å². The fourth-order valence-electron chi connectivity index (χ4n) is 3.01. The number of carbonyl (C=O) groups excluding carboxylic acids is 1. The van der Waals surface area contributed by atoms with Crippen molar-refractivity contribution < 1.29 is 4.79 Å². The SMILES string of the molecule is CCC(C)(C)[C@@H]1CCc2c(sc(NC(=O)CSC#N)c2C#N)C1. The van der Waals surface area contributed by atoms with Gasteiger partial charge in [-0.1, -0.05) is 27.2 Å². The topological polar surface area (TPSA) is 76.7 Å². The fraction of sp³-hybridized carbons (Fsp3) is 0.588. The van der Waals surface area contributed by atoms with E-state index in [0.29, 0.717) is 21.9 Å². The highest BCUT2D eigenvalue weighted by molar-refractivity contribution is 8.04. The van der Waals surface area contributed by atoms with Crippen molar-refractivity contribution in [2.45, 2.75) is 46.5 Å². The Morgan fingerprint density at radius 3 is 2.83 bits per heavy atom. The molecule has 0 saturated heterocycles. The highest BCUT2D eigenvalue weighted by atomic mass is 32.2. The van der Waals surface area contributed by atoms with Crippen LogP contribution in [0.3, 0.4) is 0 Å². The average Bonchev–Trinajstić information content (AvgIpc) is 2.88. The number of thioether (sulfide) groups is 1. The third-order valence-corrected chi connectivity index (χ3v) is 6.62. The van der Waals surface area contributed by atoms with Gasteiger partial charge in [-0.15, -0.1) is 11.3 Å². The molecule has 1 aliphatic rings. The van der Waals surface area contributed by atoms with E-state index in [1.165, 1.54) is 16.2 Å². The lowest BCUT2D eigenvalue weighted by Crippen LogP contribution is -2.28. The first-order valence-corrected chi connectivity index (χ1v) is 9.58. The molecule has 1 aromatic rings. The molecule has 1 atom stereocenters. The normalized spacial score (nSPS) is 17.0. The van der Waals surface area contributed by atoms with Crippen molar-refractivity contribution in [3.8, 4) is 11.5 Å². The maximum Gasteiger partial charge on any atom is 0.236 e. The number of hydrogen-bond donors (Lipinski definition) is 1. The van der Waals surface area contributed by atoms with Crippen molar-refractivity contribution in [1.29, 1.82) is 10.5 Å². The van der Waals surface area contributed by atoms with Crippen LogP contribution < -0.4 is 5.32 Å². The van der Waals surface area contributed by atoms with E-state index in [1.54, 1.807) is 0 Å². The number of anilines is 1. The summed E-state index contributed by atoms with van der Waals surface area (Å²) in [5, 5.41) is 23.3. The molecule has 0 radical (unpaired) electrons. The third-order valence-electron chi connectivity index (χ3n) is 4.91. The molecule has 2 rings (SSSR count). The zero-order valence-electron chi connectivity index (χ0n) is 13.7. The molecule has 1 aromatic heterocycles. The maximum absolute atomic E-state index is 11.8. The molecule has 1 heterocycles. The summed E-state index contributed by atoms with van der Waals surface area (Å²) < 4.78 is 0. The molecule has 0 unspecified atom stereocenters. The molecular formula is C17H21N3OS2. The third kappa shape index (κ3) is 3.88. The molecule has 0 bridgehead atoms. The minimum Gasteiger partial charge on any atom is -0.316 e. The van der Waals surface area contributed by atoms with Gasteiger partial charge in [0.1, 0.15) is 16.5 Å². The number of nitriles is 2. The molecule has 122 valence electrons. The van der Waals surface area contributed by atoms with Gasteiger partial charge in [0.25, 0.3) is 0 Å². The molecule has 1 aliphatic carbocycles. The average molecular weight is 348 g/mol. The summed E-state index contributed by atoms with van der Waals surface area (Å²) in [7, 11) is 0. The molecular weight excluding hydrogens is 326 g/mol. The van der Waals surface area contributed by atoms with Crippen LogP contribution in [0.1, 0.15) is 49.6 Å². The van der Waals surface area contributed by atoms with Gasteiger partial charge in [0.2, 0.25) is 5.91 Å². The summed E-state index contributed by atoms with van der Waals surface area (Å²) in [5.41, 5.74) is 2.03. The summed E-state index contributed by atoms with van der Waals surface area (Å²) in [6.07, 6.45) is 4.12. The van der Waals surface area contributed by atoms with Gasteiger partial charge < -0.3 is 5.32 Å². The van der Waals surface area contributed by atoms with Gasteiger partial charge in [-0.25, -0.2) is 0 Å². The van der Waals surface area contributed by atoms with E-state index >= 15 is 0 Å². The van der Waals surface area contributed by atoms with Gasteiger partial charge in [-0.3, -0.25) is 4.79 Å². The van der Waals surface area contributed by atoms with Crippen molar-refractivity contribution in [3.63, 3.8) is 0 Å². The lowest BCUT2D eigenvalue weighted by atomic mass is 9.69. The van der Waals surface area contributed by atoms with Gasteiger partial charge >= 0.3 is 0 Å². The molecule has 4 nitrogen and oxygen atoms in total. The molecule has 0 aromatic carbocycles. The Morgan fingerprint density at radius 1 is 1.48 bits per heavy atom. The van der Waals surface area contributed by atoms with Gasteiger partial charge in [0, 0.05) is 4.88 Å². The first-order valence-electron chi connectivity index (χ1n) is 7.78. The number of amides is 1. The van der Waals surface area contributed by atoms with Crippen molar-refractivity contribution in [1.82, 2.24) is 0 Å². The minimum atomic E-state index is -0.225. The van der Waals surface area contributed by atoms with Gasteiger partial charge in [-0.2, -0.15) is 10.5 Å². The fourth-order valence-corrected chi connectivity index (χ4v) is 4.57. The van der Waals surface area contributed by atoms with Crippen LogP contribution in [0.2, 0.25) is 0 Å². The number of fused-ring (bicyclic) bond motifs is 1. The van der Waals surface area contributed by atoms with Gasteiger partial charge in [0.15, 0.2) is 0 Å². The Balaban J connectivity index is 2.22. The van der Waals surface area contributed by atoms with Crippen molar-refractivity contribution >= 4 is 34.0 Å². The molecule has 1 N–H and O–H groups in total. The number of thiocyanates is 1. The van der Waals surface area contributed by atoms with E-state index in [9.17, 15) is 10.1 Å². The van der Waals surface area contributed by atoms with Gasteiger partial charge in [-0.05, 0) is 47.9 Å². The van der Waals surface area contributed by atoms with E-state index in [1.807, 2.05) is 5.40 Å². The Hall–Kier alpha value is -1.50. The van der Waals surface area contributed by atoms with Crippen LogP contribution >= 0.6 is 23.1 Å². The lowest BCUT2D eigenvalue weighted by molar-refractivity contribution is -0.113. The van der Waals surface area contributed by atoms with Crippen LogP contribution in [0.4, 0.5) is 5.00 Å². The first-order chi connectivity index (χ1) is 10.9. The van der Waals surface area contributed by atoms with E-state index in [0.717, 1.165) is 43.0 Å². The van der Waals surface area contributed by atoms with Crippen LogP contribution in [0.5, 0.6) is 0 Å². The molecule has 1 amide bonds. The van der Waals surface area contributed by atoms with Crippen LogP contribution in [-0.2, 0) is 17.6 Å². The summed E-state index contributed by atoms with van der Waals surface area (Å²) in [6, 6.07) is 2.26. The van der Waals surface area contributed by atoms with Crippen molar-refractivity contribution in [2.75, 3.05) is 11.1 Å². The molecule has 0 saturated carbocycles. The van der Waals surface area contributed by atoms with Crippen molar-refractivity contribution in [2.24, 2.45) is 11.3 Å². The van der Waals surface area contributed by atoms with Crippen LogP contribution in [0.25, 0.3) is 0 Å². The minimum absolute atomic E-state index is 0.0927. The highest BCUT2D eigenvalue weighted by Gasteiger charge is 2.34. The molecule has 0 spiro atoms. The largest absolute Gasteiger partial charge is 0.316 e. The van der Waals surface area contributed by atoms with E-state index in [-0.39, 0.29) is 11.7 Å². The van der Waals surface area contributed by atoms with Crippen LogP contribution in [0, 0.1) is 33.3 Å². The van der Waals surface area contributed by atoms with E-state index in [2.05, 4.69) is 32.2 Å². The second kappa shape index (κ2) is 7.38. The van der Waals surface area contributed by atoms with Crippen molar-refractivity contribution in [3.05, 3.63) is 16.0 Å². The number of thiophene rings is 1. The number of nitrogens with one attached hydrogen (secondary N) is 1. The predicted octanol–water partition coefficient (Wildman–Crippen LogP) is 4.31. The van der Waals surface area contributed by atoms with E-state index in [4.69, 9.17) is 5.26 Å². The Bertz CT molecular complexity index is 679. The van der Waals surface area contributed by atoms with Crippen LogP contribution in [0.15, 0.2) is 0 Å². The smallest absolute Gasteiger partial charge is 0.236 e. The maximum atomic E-state index is 11.8. The highest BCUT2D eigenvalue weighted by Crippen LogP contribution is 2.45. The summed E-state index contributed by atoms with van der Waals surface area (Å²) in [5.74, 6) is 0.482. The monoisotopic (exact) mass is 347 g/mol. The molecule has 0 aliphatic heterocycles. The number of hydrogen-bond acceptors (Lipinski definition) is 5. The number of carbonyl (C=O) groups is 1. The second-order valence-corrected chi connectivity index (χ2v) is 8.39. The predicted molar refractivity (Wildman–Crippen MR) is 95.3 cm³/mol. The molecule has 0 fully saturated rings. The number of rotatable bonds is 5. The zero-order chi connectivity index (χ0) is 17.0. The zero-order valence-corrected chi connectivity index (χ0v) is 15.4. The summed E-state index contributed by atoms with van der Waals surface area (Å²) in [6.45, 7) is 6.84. The number of nitrogens with zero attached hydrogens (tertiary/aromatic N) is 2.